The smallest absolute Gasteiger partial charge is 0.223 e. The zero-order valence-corrected chi connectivity index (χ0v) is 16.5. The van der Waals surface area contributed by atoms with Crippen molar-refractivity contribution in [2.24, 2.45) is 0 Å². The first-order valence-corrected chi connectivity index (χ1v) is 11.8. The van der Waals surface area contributed by atoms with Crippen molar-refractivity contribution in [2.75, 3.05) is 43.4 Å². The van der Waals surface area contributed by atoms with E-state index in [1.165, 1.54) is 4.90 Å². The molecule has 1 atom stereocenters. The molecule has 0 spiro atoms. The van der Waals surface area contributed by atoms with E-state index >= 15 is 0 Å². The summed E-state index contributed by atoms with van der Waals surface area (Å²) in [6.45, 7) is 3.18. The highest BCUT2D eigenvalue weighted by Gasteiger charge is 2.37. The van der Waals surface area contributed by atoms with E-state index in [4.69, 9.17) is 11.6 Å². The maximum atomic E-state index is 12.4. The number of nitrogens with zero attached hydrogens (tertiary/aromatic N) is 1. The molecule has 2 fully saturated rings. The Hall–Kier alpha value is -0.760. The van der Waals surface area contributed by atoms with Gasteiger partial charge in [0.2, 0.25) is 5.91 Å². The number of carbonyl (C=O) groups excluding carboxylic acids is 1. The topological polar surface area (TPSA) is 58.9 Å². The van der Waals surface area contributed by atoms with Gasteiger partial charge in [-0.15, -0.1) is 11.8 Å². The molecule has 138 valence electrons. The average Bonchev–Trinajstić information content (AvgIpc) is 2.97. The second-order valence-electron chi connectivity index (χ2n) is 6.69. The highest BCUT2D eigenvalue weighted by atomic mass is 35.5. The molecule has 5 nitrogen and oxygen atoms in total. The Labute approximate surface area is 158 Å². The minimum Gasteiger partial charge on any atom is -0.331 e. The largest absolute Gasteiger partial charge is 0.331 e. The number of piperazine rings is 1. The molecule has 8 heteroatoms. The van der Waals surface area contributed by atoms with Crippen molar-refractivity contribution in [3.8, 4) is 0 Å². The molecule has 2 saturated heterocycles. The molecule has 2 aliphatic heterocycles. The lowest BCUT2D eigenvalue weighted by Gasteiger charge is -2.35. The van der Waals surface area contributed by atoms with E-state index in [9.17, 15) is 13.2 Å². The summed E-state index contributed by atoms with van der Waals surface area (Å²) >= 11 is 7.53. The summed E-state index contributed by atoms with van der Waals surface area (Å²) in [5.74, 6) is 1.59. The van der Waals surface area contributed by atoms with Gasteiger partial charge in [0.05, 0.1) is 31.9 Å². The van der Waals surface area contributed by atoms with Crippen LogP contribution in [0, 0.1) is 0 Å². The Morgan fingerprint density at radius 1 is 1.24 bits per heavy atom. The van der Waals surface area contributed by atoms with Gasteiger partial charge in [0, 0.05) is 28.5 Å². The van der Waals surface area contributed by atoms with Gasteiger partial charge in [0.25, 0.3) is 0 Å². The highest BCUT2D eigenvalue weighted by molar-refractivity contribution is 7.99. The van der Waals surface area contributed by atoms with Crippen LogP contribution in [0.15, 0.2) is 29.2 Å². The normalized spacial score (nSPS) is 23.7. The van der Waals surface area contributed by atoms with Crippen molar-refractivity contribution in [1.29, 1.82) is 0 Å². The van der Waals surface area contributed by atoms with Crippen molar-refractivity contribution < 1.29 is 18.1 Å². The molecule has 1 aromatic carbocycles. The van der Waals surface area contributed by atoms with E-state index in [2.05, 4.69) is 0 Å². The second-order valence-corrected chi connectivity index (χ2v) is 10.5. The molecule has 0 aromatic heterocycles. The van der Waals surface area contributed by atoms with Crippen LogP contribution in [0.25, 0.3) is 0 Å². The SMILES string of the molecule is O=C(CCSc1ccc(Cl)cc1)N1CC[NH+]([C@H]2CCS(=O)(=O)C2)CC1. The van der Waals surface area contributed by atoms with Crippen LogP contribution in [-0.4, -0.2) is 68.7 Å². The van der Waals surface area contributed by atoms with Gasteiger partial charge >= 0.3 is 0 Å². The monoisotopic (exact) mass is 403 g/mol. The minimum absolute atomic E-state index is 0.194. The van der Waals surface area contributed by atoms with E-state index in [0.717, 1.165) is 48.3 Å². The van der Waals surface area contributed by atoms with Gasteiger partial charge in [-0.3, -0.25) is 4.79 Å². The molecule has 0 radical (unpaired) electrons. The molecule has 2 heterocycles. The van der Waals surface area contributed by atoms with Crippen LogP contribution in [0.4, 0.5) is 0 Å². The molecule has 25 heavy (non-hydrogen) atoms. The number of quaternary nitrogens is 1. The van der Waals surface area contributed by atoms with Gasteiger partial charge < -0.3 is 9.80 Å². The maximum absolute atomic E-state index is 12.4. The van der Waals surface area contributed by atoms with Crippen molar-refractivity contribution in [3.05, 3.63) is 29.3 Å². The first-order valence-electron chi connectivity index (χ1n) is 8.64. The number of halogens is 1. The lowest BCUT2D eigenvalue weighted by molar-refractivity contribution is -0.925. The van der Waals surface area contributed by atoms with Crippen LogP contribution in [0.2, 0.25) is 5.02 Å². The standard InChI is InChI=1S/C17H23ClN2O3S2/c18-14-1-3-16(4-2-14)24-11-5-17(21)20-9-7-19(8-10-20)15-6-12-25(22,23)13-15/h1-4,15H,5-13H2/p+1/t15-/m0/s1. The average molecular weight is 404 g/mol. The third kappa shape index (κ3) is 5.36. The van der Waals surface area contributed by atoms with E-state index in [1.54, 1.807) is 11.8 Å². The van der Waals surface area contributed by atoms with Crippen LogP contribution in [0.3, 0.4) is 0 Å². The first kappa shape index (κ1) is 19.0. The van der Waals surface area contributed by atoms with E-state index in [1.807, 2.05) is 29.2 Å². The fourth-order valence-electron chi connectivity index (χ4n) is 3.51. The van der Waals surface area contributed by atoms with Gasteiger partial charge in [0.15, 0.2) is 9.84 Å². The number of rotatable bonds is 5. The zero-order chi connectivity index (χ0) is 17.9. The molecule has 0 aliphatic carbocycles. The van der Waals surface area contributed by atoms with Crippen molar-refractivity contribution in [2.45, 2.75) is 23.8 Å². The molecule has 0 saturated carbocycles. The van der Waals surface area contributed by atoms with E-state index in [0.29, 0.717) is 17.9 Å². The number of thioether (sulfide) groups is 1. The van der Waals surface area contributed by atoms with Crippen molar-refractivity contribution in [3.63, 3.8) is 0 Å². The number of hydrogen-bond acceptors (Lipinski definition) is 4. The molecule has 1 amide bonds. The maximum Gasteiger partial charge on any atom is 0.223 e. The molecule has 0 unspecified atom stereocenters. The quantitative estimate of drug-likeness (QED) is 0.736. The number of benzene rings is 1. The van der Waals surface area contributed by atoms with Crippen LogP contribution >= 0.6 is 23.4 Å². The lowest BCUT2D eigenvalue weighted by Crippen LogP contribution is -3.18. The number of carbonyl (C=O) groups is 1. The van der Waals surface area contributed by atoms with Crippen LogP contribution in [0.1, 0.15) is 12.8 Å². The van der Waals surface area contributed by atoms with Crippen LogP contribution in [-0.2, 0) is 14.6 Å². The summed E-state index contributed by atoms with van der Waals surface area (Å²) in [6, 6.07) is 7.88. The third-order valence-electron chi connectivity index (χ3n) is 4.97. The fourth-order valence-corrected chi connectivity index (χ4v) is 6.31. The van der Waals surface area contributed by atoms with E-state index < -0.39 is 9.84 Å². The Morgan fingerprint density at radius 2 is 1.92 bits per heavy atom. The molecule has 1 N–H and O–H groups in total. The Morgan fingerprint density at radius 3 is 2.52 bits per heavy atom. The van der Waals surface area contributed by atoms with Gasteiger partial charge in [0.1, 0.15) is 11.8 Å². The van der Waals surface area contributed by atoms with Crippen LogP contribution in [0.5, 0.6) is 0 Å². The highest BCUT2D eigenvalue weighted by Crippen LogP contribution is 2.21. The summed E-state index contributed by atoms with van der Waals surface area (Å²) in [7, 11) is -2.83. The Kier molecular flexibility index (Phi) is 6.30. The Bertz CT molecular complexity index is 701. The number of amides is 1. The van der Waals surface area contributed by atoms with Crippen molar-refractivity contribution in [1.82, 2.24) is 4.90 Å². The lowest BCUT2D eigenvalue weighted by atomic mass is 10.2. The molecular formula is C17H24ClN2O3S2+. The molecule has 0 bridgehead atoms. The third-order valence-corrected chi connectivity index (χ3v) is 8.00. The van der Waals surface area contributed by atoms with Gasteiger partial charge in [-0.1, -0.05) is 11.6 Å². The van der Waals surface area contributed by atoms with Crippen LogP contribution < -0.4 is 4.90 Å². The summed E-state index contributed by atoms with van der Waals surface area (Å²) in [6.07, 6.45) is 1.30. The number of nitrogens with one attached hydrogen (secondary N) is 1. The first-order chi connectivity index (χ1) is 11.9. The number of sulfone groups is 1. The molecule has 2 aliphatic rings. The predicted octanol–water partition coefficient (Wildman–Crippen LogP) is 0.736. The fraction of sp³-hybridized carbons (Fsp3) is 0.588. The van der Waals surface area contributed by atoms with Crippen molar-refractivity contribution >= 4 is 39.1 Å². The van der Waals surface area contributed by atoms with E-state index in [-0.39, 0.29) is 11.9 Å². The van der Waals surface area contributed by atoms with Gasteiger partial charge in [-0.25, -0.2) is 8.42 Å². The summed E-state index contributed by atoms with van der Waals surface area (Å²) < 4.78 is 23.2. The predicted molar refractivity (Wildman–Crippen MR) is 101 cm³/mol. The van der Waals surface area contributed by atoms with Gasteiger partial charge in [-0.2, -0.15) is 0 Å². The summed E-state index contributed by atoms with van der Waals surface area (Å²) in [5.41, 5.74) is 0. The Balaban J connectivity index is 1.39. The second kappa shape index (κ2) is 8.29. The number of hydrogen-bond donors (Lipinski definition) is 1. The molecule has 3 rings (SSSR count). The zero-order valence-electron chi connectivity index (χ0n) is 14.1. The molecule has 1 aromatic rings. The summed E-state index contributed by atoms with van der Waals surface area (Å²) in [4.78, 5) is 16.8. The van der Waals surface area contributed by atoms with Gasteiger partial charge in [-0.05, 0) is 24.3 Å². The molecular weight excluding hydrogens is 380 g/mol. The minimum atomic E-state index is -2.83. The summed E-state index contributed by atoms with van der Waals surface area (Å²) in [5, 5.41) is 0.718.